The summed E-state index contributed by atoms with van der Waals surface area (Å²) in [6.45, 7) is 5.70. The Bertz CT molecular complexity index is 722. The summed E-state index contributed by atoms with van der Waals surface area (Å²) in [7, 11) is 0. The lowest BCUT2D eigenvalue weighted by atomic mass is 9.52. The van der Waals surface area contributed by atoms with E-state index in [2.05, 4.69) is 0 Å². The molecule has 0 saturated heterocycles. The molecular weight excluding hydrogens is 316 g/mol. The minimum absolute atomic E-state index is 0.0780. The molecule has 0 heterocycles. The van der Waals surface area contributed by atoms with Crippen molar-refractivity contribution in [1.82, 2.24) is 0 Å². The van der Waals surface area contributed by atoms with Crippen molar-refractivity contribution in [2.45, 2.75) is 40.0 Å². The Hall–Kier alpha value is -2.52. The van der Waals surface area contributed by atoms with Crippen LogP contribution in [0.1, 0.15) is 40.0 Å². The molecule has 0 aromatic carbocycles. The lowest BCUT2D eigenvalue weighted by Gasteiger charge is -2.45. The molecule has 0 aliphatic heterocycles. The van der Waals surface area contributed by atoms with E-state index in [1.807, 2.05) is 39.0 Å². The molecule has 2 fully saturated rings. The minimum atomic E-state index is -1.86. The molecule has 2 rings (SSSR count). The summed E-state index contributed by atoms with van der Waals surface area (Å²) in [5.41, 5.74) is -3.95. The molecule has 1 unspecified atom stereocenters. The van der Waals surface area contributed by atoms with Gasteiger partial charge in [-0.2, -0.15) is 15.8 Å². The molecule has 1 N–H and O–H groups in total. The molecule has 2 aliphatic rings. The lowest BCUT2D eigenvalue weighted by molar-refractivity contribution is -0.136. The molecule has 0 amide bonds. The first-order chi connectivity index (χ1) is 11.8. The van der Waals surface area contributed by atoms with Gasteiger partial charge in [0.2, 0.25) is 0 Å². The summed E-state index contributed by atoms with van der Waals surface area (Å²) >= 11 is 0. The molecule has 0 bridgehead atoms. The molecule has 2 aliphatic carbocycles. The van der Waals surface area contributed by atoms with Gasteiger partial charge in [0, 0.05) is 17.5 Å². The third-order valence-corrected chi connectivity index (χ3v) is 6.16. The molecule has 6 nitrogen and oxygen atoms in total. The summed E-state index contributed by atoms with van der Waals surface area (Å²) in [4.78, 5) is 24.6. The van der Waals surface area contributed by atoms with Gasteiger partial charge in [0.1, 0.15) is 17.5 Å². The van der Waals surface area contributed by atoms with E-state index < -0.39 is 22.7 Å². The van der Waals surface area contributed by atoms with Gasteiger partial charge >= 0.3 is 0 Å². The smallest absolute Gasteiger partial charge is 0.169 e. The van der Waals surface area contributed by atoms with Crippen LogP contribution < -0.4 is 0 Å². The van der Waals surface area contributed by atoms with E-state index in [1.54, 1.807) is 0 Å². The van der Waals surface area contributed by atoms with E-state index in [9.17, 15) is 25.4 Å². The topological polar surface area (TPSA) is 129 Å². The molecule has 0 aromatic heterocycles. The van der Waals surface area contributed by atoms with Crippen molar-refractivity contribution >= 4 is 17.8 Å². The highest BCUT2D eigenvalue weighted by molar-refractivity contribution is 6.08. The van der Waals surface area contributed by atoms with Crippen LogP contribution >= 0.6 is 0 Å². The normalized spacial score (nSPS) is 37.2. The van der Waals surface area contributed by atoms with Gasteiger partial charge in [-0.25, -0.2) is 0 Å². The van der Waals surface area contributed by atoms with Gasteiger partial charge in [-0.15, -0.1) is 0 Å². The van der Waals surface area contributed by atoms with E-state index >= 15 is 0 Å². The van der Waals surface area contributed by atoms with Crippen LogP contribution in [0.5, 0.6) is 0 Å². The first-order valence-corrected chi connectivity index (χ1v) is 8.58. The number of hydrogen-bond donors (Lipinski definition) is 1. The SMILES string of the molecule is CC(C)[C@@H]1CC[C@H](C)[C@@H]([C@]2(C#N)C(=N)C(C=O)CC2(C#N)C#N)C1=O. The van der Waals surface area contributed by atoms with E-state index in [4.69, 9.17) is 5.41 Å². The zero-order valence-electron chi connectivity index (χ0n) is 14.7. The van der Waals surface area contributed by atoms with E-state index in [0.29, 0.717) is 19.1 Å². The van der Waals surface area contributed by atoms with Gasteiger partial charge in [0.25, 0.3) is 0 Å². The van der Waals surface area contributed by atoms with Crippen LogP contribution in [0.2, 0.25) is 0 Å². The van der Waals surface area contributed by atoms with E-state index in [-0.39, 0.29) is 35.7 Å². The van der Waals surface area contributed by atoms with Gasteiger partial charge in [0.05, 0.1) is 24.1 Å². The molecule has 25 heavy (non-hydrogen) atoms. The maximum Gasteiger partial charge on any atom is 0.169 e. The second-order valence-corrected chi connectivity index (χ2v) is 7.69. The van der Waals surface area contributed by atoms with Crippen molar-refractivity contribution in [3.8, 4) is 18.2 Å². The van der Waals surface area contributed by atoms with Crippen molar-refractivity contribution in [2.75, 3.05) is 0 Å². The maximum absolute atomic E-state index is 13.2. The fourth-order valence-corrected chi connectivity index (χ4v) is 4.75. The molecule has 130 valence electrons. The highest BCUT2D eigenvalue weighted by Gasteiger charge is 2.70. The van der Waals surface area contributed by atoms with Gasteiger partial charge in [0.15, 0.2) is 5.41 Å². The molecule has 2 saturated carbocycles. The van der Waals surface area contributed by atoms with Crippen molar-refractivity contribution in [1.29, 1.82) is 21.2 Å². The fraction of sp³-hybridized carbons (Fsp3) is 0.684. The number of rotatable bonds is 3. The predicted octanol–water partition coefficient (Wildman–Crippen LogP) is 2.66. The molecular formula is C19H22N4O2. The number of carbonyl (C=O) groups excluding carboxylic acids is 2. The second-order valence-electron chi connectivity index (χ2n) is 7.69. The Kier molecular flexibility index (Phi) is 4.83. The number of ketones is 1. The lowest BCUT2D eigenvalue weighted by Crippen LogP contribution is -2.54. The van der Waals surface area contributed by atoms with Gasteiger partial charge in [-0.05, 0) is 31.1 Å². The zero-order chi connectivity index (χ0) is 19.0. The number of nitrogens with one attached hydrogen (secondary N) is 1. The van der Waals surface area contributed by atoms with E-state index in [0.717, 1.165) is 0 Å². The summed E-state index contributed by atoms with van der Waals surface area (Å²) < 4.78 is 0. The van der Waals surface area contributed by atoms with Crippen molar-refractivity contribution < 1.29 is 9.59 Å². The first kappa shape index (κ1) is 18.8. The molecule has 5 atom stereocenters. The minimum Gasteiger partial charge on any atom is -0.307 e. The highest BCUT2D eigenvalue weighted by Crippen LogP contribution is 2.60. The highest BCUT2D eigenvalue weighted by atomic mass is 16.1. The van der Waals surface area contributed by atoms with Crippen LogP contribution in [-0.2, 0) is 9.59 Å². The number of nitriles is 3. The van der Waals surface area contributed by atoms with Crippen LogP contribution in [0, 0.1) is 79.8 Å². The first-order valence-electron chi connectivity index (χ1n) is 8.58. The largest absolute Gasteiger partial charge is 0.307 e. The molecule has 0 spiro atoms. The van der Waals surface area contributed by atoms with Crippen molar-refractivity contribution in [3.63, 3.8) is 0 Å². The third kappa shape index (κ3) is 2.30. The molecule has 0 radical (unpaired) electrons. The Morgan fingerprint density at radius 2 is 1.80 bits per heavy atom. The number of hydrogen-bond acceptors (Lipinski definition) is 6. The van der Waals surface area contributed by atoms with Gasteiger partial charge in [-0.3, -0.25) is 4.79 Å². The average Bonchev–Trinajstić information content (AvgIpc) is 2.84. The van der Waals surface area contributed by atoms with Crippen LogP contribution in [0.15, 0.2) is 0 Å². The number of aldehydes is 1. The standard InChI is InChI=1S/C19H22N4O2/c1-11(2)14-5-4-12(3)15(16(14)25)19(10-22)17(23)13(7-24)6-18(19,8-20)9-21/h7,11-15,23H,4-6H2,1-3H3/t12-,13?,14-,15+,19+/m0/s1. The predicted molar refractivity (Wildman–Crippen MR) is 88.8 cm³/mol. The molecule has 0 aromatic rings. The Balaban J connectivity index is 2.73. The molecule has 6 heteroatoms. The average molecular weight is 338 g/mol. The van der Waals surface area contributed by atoms with E-state index in [1.165, 1.54) is 0 Å². The monoisotopic (exact) mass is 338 g/mol. The number of carbonyl (C=O) groups is 2. The Labute approximate surface area is 147 Å². The van der Waals surface area contributed by atoms with Crippen LogP contribution in [0.25, 0.3) is 0 Å². The third-order valence-electron chi connectivity index (χ3n) is 6.16. The number of Topliss-reactive ketones (excluding diaryl/α,β-unsaturated/α-hetero) is 1. The summed E-state index contributed by atoms with van der Waals surface area (Å²) in [5.74, 6) is -2.44. The summed E-state index contributed by atoms with van der Waals surface area (Å²) in [6, 6.07) is 5.85. The fourth-order valence-electron chi connectivity index (χ4n) is 4.75. The van der Waals surface area contributed by atoms with Crippen LogP contribution in [0.4, 0.5) is 0 Å². The summed E-state index contributed by atoms with van der Waals surface area (Å²) in [5, 5.41) is 38.0. The van der Waals surface area contributed by atoms with Gasteiger partial charge in [-0.1, -0.05) is 20.8 Å². The van der Waals surface area contributed by atoms with Crippen molar-refractivity contribution in [2.24, 2.45) is 40.4 Å². The van der Waals surface area contributed by atoms with Gasteiger partial charge < -0.3 is 10.2 Å². The number of nitrogens with zero attached hydrogens (tertiary/aromatic N) is 3. The van der Waals surface area contributed by atoms with Crippen LogP contribution in [0.3, 0.4) is 0 Å². The maximum atomic E-state index is 13.2. The van der Waals surface area contributed by atoms with Crippen LogP contribution in [-0.4, -0.2) is 17.8 Å². The summed E-state index contributed by atoms with van der Waals surface area (Å²) in [6.07, 6.45) is 1.71. The second kappa shape index (κ2) is 6.41. The van der Waals surface area contributed by atoms with Crippen molar-refractivity contribution in [3.05, 3.63) is 0 Å². The zero-order valence-corrected chi connectivity index (χ0v) is 14.7. The quantitative estimate of drug-likeness (QED) is 0.791. The Morgan fingerprint density at radius 1 is 1.20 bits per heavy atom. The Morgan fingerprint density at radius 3 is 2.24 bits per heavy atom.